The Kier molecular flexibility index (Phi) is 12.3. The number of fused-ring (bicyclic) bond motifs is 1. The molecule has 5 rings (SSSR count). The summed E-state index contributed by atoms with van der Waals surface area (Å²) in [6.45, 7) is 7.72. The highest BCUT2D eigenvalue weighted by Gasteiger charge is 2.19. The summed E-state index contributed by atoms with van der Waals surface area (Å²) < 4.78 is 15.7. The largest absolute Gasteiger partial charge is 0.348 e. The van der Waals surface area contributed by atoms with Crippen LogP contribution in [-0.4, -0.2) is 37.8 Å². The van der Waals surface area contributed by atoms with E-state index in [9.17, 15) is 4.39 Å². The molecule has 230 valence electrons. The van der Waals surface area contributed by atoms with Gasteiger partial charge in [-0.05, 0) is 128 Å². The van der Waals surface area contributed by atoms with Crippen LogP contribution in [0.4, 0.5) is 10.3 Å². The lowest BCUT2D eigenvalue weighted by molar-refractivity contribution is 0.346. The molecule has 5 aromatic rings. The first-order valence-electron chi connectivity index (χ1n) is 14.9. The van der Waals surface area contributed by atoms with Crippen molar-refractivity contribution in [3.63, 3.8) is 0 Å². The van der Waals surface area contributed by atoms with Gasteiger partial charge in [-0.25, -0.2) is 19.3 Å². The Balaban J connectivity index is 0.000000391. The Morgan fingerprint density at radius 2 is 1.62 bits per heavy atom. The number of anilines is 1. The molecular formula is C40H33FN6. The predicted molar refractivity (Wildman–Crippen MR) is 188 cm³/mol. The average Bonchev–Trinajstić information content (AvgIpc) is 3.48. The molecule has 3 aromatic heterocycles. The quantitative estimate of drug-likeness (QED) is 0.193. The molecule has 0 fully saturated rings. The predicted octanol–water partition coefficient (Wildman–Crippen LogP) is 6.88. The van der Waals surface area contributed by atoms with E-state index in [2.05, 4.69) is 114 Å². The van der Waals surface area contributed by atoms with Crippen LogP contribution in [0.1, 0.15) is 37.9 Å². The summed E-state index contributed by atoms with van der Waals surface area (Å²) in [6.07, 6.45) is 8.63. The highest BCUT2D eigenvalue weighted by Crippen LogP contribution is 2.33. The fraction of sp³-hybridized carbons (Fsp3) is 0.175. The fourth-order valence-electron chi connectivity index (χ4n) is 4.50. The van der Waals surface area contributed by atoms with Gasteiger partial charge in [0, 0.05) is 24.5 Å². The van der Waals surface area contributed by atoms with Gasteiger partial charge < -0.3 is 10.2 Å². The van der Waals surface area contributed by atoms with Crippen LogP contribution >= 0.6 is 0 Å². The van der Waals surface area contributed by atoms with E-state index >= 15 is 0 Å². The second kappa shape index (κ2) is 17.3. The summed E-state index contributed by atoms with van der Waals surface area (Å²) in [5.41, 5.74) is 6.29. The van der Waals surface area contributed by atoms with Crippen molar-refractivity contribution in [2.75, 3.05) is 18.9 Å². The molecule has 2 aromatic carbocycles. The number of nitrogens with zero attached hydrogens (tertiary/aromatic N) is 5. The van der Waals surface area contributed by atoms with Gasteiger partial charge >= 0.3 is 0 Å². The number of imidazole rings is 1. The zero-order valence-corrected chi connectivity index (χ0v) is 26.8. The van der Waals surface area contributed by atoms with Crippen LogP contribution in [0.15, 0.2) is 85.2 Å². The number of hydrogen-bond acceptors (Lipinski definition) is 5. The van der Waals surface area contributed by atoms with Crippen molar-refractivity contribution < 1.29 is 4.39 Å². The molecule has 0 unspecified atom stereocenters. The molecule has 0 aliphatic carbocycles. The summed E-state index contributed by atoms with van der Waals surface area (Å²) in [4.78, 5) is 16.5. The van der Waals surface area contributed by atoms with E-state index < -0.39 is 0 Å². The highest BCUT2D eigenvalue weighted by molar-refractivity contribution is 5.80. The molecule has 3 heterocycles. The second-order valence-electron chi connectivity index (χ2n) is 10.2. The van der Waals surface area contributed by atoms with E-state index in [1.807, 2.05) is 34.9 Å². The van der Waals surface area contributed by atoms with Crippen molar-refractivity contribution >= 4 is 11.6 Å². The molecule has 7 heteroatoms. The molecule has 47 heavy (non-hydrogen) atoms. The normalized spacial score (nSPS) is 10.2. The Hall–Kier alpha value is -6.30. The van der Waals surface area contributed by atoms with Crippen molar-refractivity contribution in [3.05, 3.63) is 102 Å². The summed E-state index contributed by atoms with van der Waals surface area (Å²) in [6, 6.07) is 22.7. The lowest BCUT2D eigenvalue weighted by atomic mass is 10.1. The number of pyridine rings is 1. The van der Waals surface area contributed by atoms with Crippen LogP contribution in [-0.2, 0) is 6.54 Å². The van der Waals surface area contributed by atoms with Gasteiger partial charge in [0.15, 0.2) is 0 Å². The van der Waals surface area contributed by atoms with Crippen molar-refractivity contribution in [1.82, 2.24) is 24.3 Å². The Morgan fingerprint density at radius 3 is 2.30 bits per heavy atom. The lowest BCUT2D eigenvalue weighted by Crippen LogP contribution is -2.16. The van der Waals surface area contributed by atoms with E-state index in [1.165, 1.54) is 17.7 Å². The zero-order valence-electron chi connectivity index (χ0n) is 26.8. The van der Waals surface area contributed by atoms with Crippen LogP contribution in [0.3, 0.4) is 0 Å². The smallest absolute Gasteiger partial charge is 0.223 e. The maximum absolute atomic E-state index is 13.7. The lowest BCUT2D eigenvalue weighted by Gasteiger charge is -2.15. The minimum absolute atomic E-state index is 0.0401. The Morgan fingerprint density at radius 1 is 0.915 bits per heavy atom. The van der Waals surface area contributed by atoms with E-state index in [0.717, 1.165) is 46.9 Å². The number of aromatic nitrogens is 4. The highest BCUT2D eigenvalue weighted by atomic mass is 19.1. The standard InChI is InChI=1S/C29H29FN6.C11H4/c1-4-35(3)19-21-15-17-36-26(18-21)34-27(23-10-12-24(30)13-11-23)28(36)25-14-16-31-29(33-25)32-20(2)22-8-6-5-7-9-22;1-3-5-7-9-11-10-8-6-4-2/h5-18,20H,4,19H2,1-3H3,(H,31,32,33);1H,2H3/t20-;/m0./s1. The molecular weight excluding hydrogens is 583 g/mol. The van der Waals surface area contributed by atoms with Crippen molar-refractivity contribution in [1.29, 1.82) is 0 Å². The van der Waals surface area contributed by atoms with E-state index in [-0.39, 0.29) is 11.9 Å². The minimum Gasteiger partial charge on any atom is -0.348 e. The third-order valence-corrected chi connectivity index (χ3v) is 6.92. The number of rotatable bonds is 8. The molecule has 6 nitrogen and oxygen atoms in total. The number of halogens is 1. The number of nitrogens with one attached hydrogen (secondary N) is 1. The first-order chi connectivity index (χ1) is 22.9. The summed E-state index contributed by atoms with van der Waals surface area (Å²) >= 11 is 0. The van der Waals surface area contributed by atoms with Crippen LogP contribution in [0.2, 0.25) is 0 Å². The van der Waals surface area contributed by atoms with Gasteiger partial charge in [0.05, 0.1) is 23.1 Å². The topological polar surface area (TPSA) is 58.4 Å². The van der Waals surface area contributed by atoms with Crippen molar-refractivity contribution in [2.45, 2.75) is 33.4 Å². The van der Waals surface area contributed by atoms with E-state index in [0.29, 0.717) is 5.95 Å². The molecule has 0 saturated carbocycles. The van der Waals surface area contributed by atoms with E-state index in [1.54, 1.807) is 25.3 Å². The van der Waals surface area contributed by atoms with Gasteiger partial charge in [-0.1, -0.05) is 43.2 Å². The fourth-order valence-corrected chi connectivity index (χ4v) is 4.50. The van der Waals surface area contributed by atoms with Gasteiger partial charge in [-0.15, -0.1) is 6.42 Å². The van der Waals surface area contributed by atoms with E-state index in [4.69, 9.17) is 16.4 Å². The zero-order chi connectivity index (χ0) is 33.4. The van der Waals surface area contributed by atoms with Crippen molar-refractivity contribution in [3.8, 4) is 82.4 Å². The van der Waals surface area contributed by atoms with Crippen LogP contribution < -0.4 is 5.32 Å². The second-order valence-corrected chi connectivity index (χ2v) is 10.2. The first-order valence-corrected chi connectivity index (χ1v) is 14.9. The first kappa shape index (κ1) is 33.6. The molecule has 0 aliphatic rings. The van der Waals surface area contributed by atoms with Gasteiger partial charge in [0.25, 0.3) is 0 Å². The Labute approximate surface area is 276 Å². The molecule has 0 radical (unpaired) electrons. The van der Waals surface area contributed by atoms with Crippen LogP contribution in [0.25, 0.3) is 28.3 Å². The summed E-state index contributed by atoms with van der Waals surface area (Å²) in [5, 5.41) is 3.41. The summed E-state index contributed by atoms with van der Waals surface area (Å²) in [7, 11) is 2.09. The van der Waals surface area contributed by atoms with Crippen molar-refractivity contribution in [2.24, 2.45) is 0 Å². The maximum Gasteiger partial charge on any atom is 0.223 e. The number of terminal acetylenes is 1. The Bertz CT molecular complexity index is 2110. The third kappa shape index (κ3) is 9.59. The number of hydrogen-bond donors (Lipinski definition) is 1. The molecule has 0 saturated heterocycles. The monoisotopic (exact) mass is 616 g/mol. The van der Waals surface area contributed by atoms with Gasteiger partial charge in [0.2, 0.25) is 5.95 Å². The molecule has 0 spiro atoms. The van der Waals surface area contributed by atoms with Gasteiger partial charge in [-0.2, -0.15) is 0 Å². The SMILES string of the molecule is C#CC#CC#CC#CC#CC.CCN(C)Cc1ccn2c(-c3ccnc(N[C@@H](C)c4ccccc4)n3)c(-c3ccc(F)cc3)nc2c1. The van der Waals surface area contributed by atoms with Crippen LogP contribution in [0, 0.1) is 65.5 Å². The molecule has 0 bridgehead atoms. The van der Waals surface area contributed by atoms with Gasteiger partial charge in [0.1, 0.15) is 11.5 Å². The molecule has 1 atom stereocenters. The maximum atomic E-state index is 13.7. The minimum atomic E-state index is -0.280. The average molecular weight is 617 g/mol. The molecule has 1 N–H and O–H groups in total. The summed E-state index contributed by atoms with van der Waals surface area (Å²) in [5.74, 6) is 22.2. The van der Waals surface area contributed by atoms with Gasteiger partial charge in [-0.3, -0.25) is 4.40 Å². The third-order valence-electron chi connectivity index (χ3n) is 6.92. The molecule has 0 aliphatic heterocycles. The van der Waals surface area contributed by atoms with Crippen LogP contribution in [0.5, 0.6) is 0 Å². The molecule has 0 amide bonds. The number of benzene rings is 2.